The van der Waals surface area contributed by atoms with Crippen LogP contribution < -0.4 is 0 Å². The van der Waals surface area contributed by atoms with Crippen molar-refractivity contribution in [2.75, 3.05) is 40.0 Å². The summed E-state index contributed by atoms with van der Waals surface area (Å²) in [5.74, 6) is 0. The van der Waals surface area contributed by atoms with Crippen LogP contribution >= 0.6 is 0 Å². The molecule has 0 aliphatic rings. The van der Waals surface area contributed by atoms with E-state index in [2.05, 4.69) is 57.0 Å². The van der Waals surface area contributed by atoms with Crippen molar-refractivity contribution >= 4 is 0 Å². The molecule has 1 atom stereocenters. The van der Waals surface area contributed by atoms with Crippen LogP contribution in [0.1, 0.15) is 252 Å². The molecule has 0 aliphatic carbocycles. The van der Waals surface area contributed by atoms with Crippen molar-refractivity contribution in [3.05, 3.63) is 24.3 Å². The van der Waals surface area contributed by atoms with Crippen molar-refractivity contribution in [1.29, 1.82) is 0 Å². The number of allylic oxidation sites excluding steroid dienone is 4. The van der Waals surface area contributed by atoms with Gasteiger partial charge in [-0.05, 0) is 84.2 Å². The third kappa shape index (κ3) is 45.6. The van der Waals surface area contributed by atoms with E-state index in [9.17, 15) is 0 Å². The Kier molecular flexibility index (Phi) is 46.9. The third-order valence-electron chi connectivity index (χ3n) is 11.0. The number of rotatable bonds is 46. The molecule has 0 N–H and O–H groups in total. The Morgan fingerprint density at radius 1 is 0.377 bits per heavy atom. The van der Waals surface area contributed by atoms with Crippen LogP contribution in [0.25, 0.3) is 0 Å². The van der Waals surface area contributed by atoms with E-state index in [1.54, 1.807) is 0 Å². The molecule has 1 unspecified atom stereocenters. The van der Waals surface area contributed by atoms with Gasteiger partial charge in [0, 0.05) is 19.8 Å². The lowest BCUT2D eigenvalue weighted by atomic mass is 10.1. The van der Waals surface area contributed by atoms with Crippen molar-refractivity contribution in [2.45, 2.75) is 258 Å². The molecule has 0 amide bonds. The van der Waals surface area contributed by atoms with Gasteiger partial charge in [-0.2, -0.15) is 0 Å². The first-order chi connectivity index (χ1) is 26.2. The average molecular weight is 746 g/mol. The SMILES string of the molecule is CCCCCCCC/C=C\CCCCCCCCOCC(CN(C)CCCCCCCCCC)OCCCCCCCC/C=C\CCCCCCCC. The lowest BCUT2D eigenvalue weighted by Crippen LogP contribution is -2.35. The summed E-state index contributed by atoms with van der Waals surface area (Å²) in [6.07, 6.45) is 58.8. The van der Waals surface area contributed by atoms with Gasteiger partial charge >= 0.3 is 0 Å². The van der Waals surface area contributed by atoms with E-state index in [1.165, 1.54) is 238 Å². The first-order valence-electron chi connectivity index (χ1n) is 24.4. The average Bonchev–Trinajstić information content (AvgIpc) is 3.16. The molecule has 0 fully saturated rings. The van der Waals surface area contributed by atoms with Crippen molar-refractivity contribution in [3.63, 3.8) is 0 Å². The van der Waals surface area contributed by atoms with Crippen LogP contribution in [0.3, 0.4) is 0 Å². The zero-order valence-corrected chi connectivity index (χ0v) is 37.1. The van der Waals surface area contributed by atoms with Crippen LogP contribution in [0.5, 0.6) is 0 Å². The van der Waals surface area contributed by atoms with Crippen molar-refractivity contribution in [2.24, 2.45) is 0 Å². The van der Waals surface area contributed by atoms with Gasteiger partial charge in [0.1, 0.15) is 0 Å². The van der Waals surface area contributed by atoms with Crippen LogP contribution in [0.15, 0.2) is 24.3 Å². The summed E-state index contributed by atoms with van der Waals surface area (Å²) in [5.41, 5.74) is 0. The topological polar surface area (TPSA) is 21.7 Å². The van der Waals surface area contributed by atoms with E-state index < -0.39 is 0 Å². The van der Waals surface area contributed by atoms with Crippen LogP contribution in [0.4, 0.5) is 0 Å². The third-order valence-corrected chi connectivity index (χ3v) is 11.0. The number of unbranched alkanes of at least 4 members (excludes halogenated alkanes) is 31. The molecule has 0 aromatic carbocycles. The number of hydrogen-bond donors (Lipinski definition) is 0. The van der Waals surface area contributed by atoms with E-state index in [-0.39, 0.29) is 6.10 Å². The van der Waals surface area contributed by atoms with E-state index in [0.717, 1.165) is 26.4 Å². The summed E-state index contributed by atoms with van der Waals surface area (Å²) in [7, 11) is 2.28. The Balaban J connectivity index is 4.04. The van der Waals surface area contributed by atoms with Gasteiger partial charge in [-0.15, -0.1) is 0 Å². The summed E-state index contributed by atoms with van der Waals surface area (Å²) < 4.78 is 12.7. The molecule has 0 aromatic heterocycles. The highest BCUT2D eigenvalue weighted by atomic mass is 16.5. The smallest absolute Gasteiger partial charge is 0.0934 e. The minimum atomic E-state index is 0.200. The molecule has 3 heteroatoms. The summed E-state index contributed by atoms with van der Waals surface area (Å²) in [5, 5.41) is 0. The number of nitrogens with zero attached hydrogens (tertiary/aromatic N) is 1. The van der Waals surface area contributed by atoms with Gasteiger partial charge in [-0.3, -0.25) is 0 Å². The molecule has 53 heavy (non-hydrogen) atoms. The Morgan fingerprint density at radius 2 is 0.698 bits per heavy atom. The van der Waals surface area contributed by atoms with Crippen LogP contribution in [0, 0.1) is 0 Å². The summed E-state index contributed by atoms with van der Waals surface area (Å²) in [4.78, 5) is 2.50. The summed E-state index contributed by atoms with van der Waals surface area (Å²) >= 11 is 0. The Morgan fingerprint density at radius 3 is 1.09 bits per heavy atom. The predicted molar refractivity (Wildman–Crippen MR) is 240 cm³/mol. The Hall–Kier alpha value is -0.640. The second-order valence-electron chi connectivity index (χ2n) is 16.7. The minimum Gasteiger partial charge on any atom is -0.379 e. The van der Waals surface area contributed by atoms with E-state index in [0.29, 0.717) is 0 Å². The van der Waals surface area contributed by atoms with Gasteiger partial charge in [0.25, 0.3) is 0 Å². The van der Waals surface area contributed by atoms with Gasteiger partial charge in [0.05, 0.1) is 12.7 Å². The maximum absolute atomic E-state index is 6.47. The number of hydrogen-bond acceptors (Lipinski definition) is 3. The fourth-order valence-electron chi connectivity index (χ4n) is 7.37. The number of ether oxygens (including phenoxy) is 2. The second kappa shape index (κ2) is 47.5. The normalized spacial score (nSPS) is 12.7. The summed E-state index contributed by atoms with van der Waals surface area (Å²) in [6, 6.07) is 0. The van der Waals surface area contributed by atoms with E-state index in [4.69, 9.17) is 9.47 Å². The van der Waals surface area contributed by atoms with Crippen molar-refractivity contribution in [3.8, 4) is 0 Å². The zero-order chi connectivity index (χ0) is 38.4. The Bertz CT molecular complexity index is 706. The fraction of sp³-hybridized carbons (Fsp3) is 0.920. The maximum Gasteiger partial charge on any atom is 0.0934 e. The van der Waals surface area contributed by atoms with Gasteiger partial charge in [0.2, 0.25) is 0 Å². The molecule has 0 bridgehead atoms. The molecule has 3 nitrogen and oxygen atoms in total. The highest BCUT2D eigenvalue weighted by molar-refractivity contribution is 4.82. The monoisotopic (exact) mass is 746 g/mol. The Labute approximate surface area is 335 Å². The molecule has 0 radical (unpaired) electrons. The zero-order valence-electron chi connectivity index (χ0n) is 37.1. The molecule has 0 saturated carbocycles. The molecule has 0 rings (SSSR count). The lowest BCUT2D eigenvalue weighted by molar-refractivity contribution is -0.0314. The van der Waals surface area contributed by atoms with Gasteiger partial charge < -0.3 is 14.4 Å². The predicted octanol–water partition coefficient (Wildman–Crippen LogP) is 16.5. The maximum atomic E-state index is 6.47. The first-order valence-corrected chi connectivity index (χ1v) is 24.4. The van der Waals surface area contributed by atoms with E-state index >= 15 is 0 Å². The molecule has 316 valence electrons. The molecular formula is C50H99NO2. The van der Waals surface area contributed by atoms with Gasteiger partial charge in [0.15, 0.2) is 0 Å². The van der Waals surface area contributed by atoms with Crippen molar-refractivity contribution < 1.29 is 9.47 Å². The summed E-state index contributed by atoms with van der Waals surface area (Å²) in [6.45, 7) is 11.6. The molecule has 0 spiro atoms. The quantitative estimate of drug-likeness (QED) is 0.0457. The lowest BCUT2D eigenvalue weighted by Gasteiger charge is -2.24. The largest absolute Gasteiger partial charge is 0.379 e. The number of likely N-dealkylation sites (N-methyl/N-ethyl adjacent to an activating group) is 1. The minimum absolute atomic E-state index is 0.200. The molecule has 0 aromatic rings. The molecular weight excluding hydrogens is 647 g/mol. The first kappa shape index (κ1) is 52.4. The fourth-order valence-corrected chi connectivity index (χ4v) is 7.37. The van der Waals surface area contributed by atoms with Gasteiger partial charge in [-0.1, -0.05) is 206 Å². The second-order valence-corrected chi connectivity index (χ2v) is 16.7. The highest BCUT2D eigenvalue weighted by Crippen LogP contribution is 2.13. The molecule has 0 heterocycles. The van der Waals surface area contributed by atoms with Crippen molar-refractivity contribution in [1.82, 2.24) is 4.90 Å². The molecule has 0 aliphatic heterocycles. The van der Waals surface area contributed by atoms with Crippen LogP contribution in [0.2, 0.25) is 0 Å². The van der Waals surface area contributed by atoms with Crippen LogP contribution in [-0.2, 0) is 9.47 Å². The molecule has 0 saturated heterocycles. The van der Waals surface area contributed by atoms with Gasteiger partial charge in [-0.25, -0.2) is 0 Å². The van der Waals surface area contributed by atoms with Crippen LogP contribution in [-0.4, -0.2) is 51.0 Å². The van der Waals surface area contributed by atoms with E-state index in [1.807, 2.05) is 0 Å². The standard InChI is InChI=1S/C50H99NO2/c1-5-8-11-14-17-20-22-24-26-28-30-32-34-37-40-43-46-52-49-50(48-51(4)45-42-39-36-19-16-13-10-7-3)53-47-44-41-38-35-33-31-29-27-25-23-21-18-15-12-9-6-2/h24-27,50H,5-23,28-49H2,1-4H3/b26-24-,27-25-. The highest BCUT2D eigenvalue weighted by Gasteiger charge is 2.13.